The summed E-state index contributed by atoms with van der Waals surface area (Å²) in [6.07, 6.45) is 11.7. The van der Waals surface area contributed by atoms with Gasteiger partial charge in [-0.3, -0.25) is 0 Å². The van der Waals surface area contributed by atoms with Gasteiger partial charge in [-0.2, -0.15) is 0 Å². The third kappa shape index (κ3) is 13.1. The molecule has 2 unspecified atom stereocenters. The van der Waals surface area contributed by atoms with Gasteiger partial charge in [-0.05, 0) is 68.6 Å². The quantitative estimate of drug-likeness (QED) is 0.244. The maximum Gasteiger partial charge on any atom is 0.157 e. The van der Waals surface area contributed by atoms with Gasteiger partial charge in [0.2, 0.25) is 0 Å². The van der Waals surface area contributed by atoms with Crippen molar-refractivity contribution in [1.82, 2.24) is 0 Å². The zero-order valence-corrected chi connectivity index (χ0v) is 17.8. The second-order valence-corrected chi connectivity index (χ2v) is 7.58. The van der Waals surface area contributed by atoms with Crippen LogP contribution in [0.2, 0.25) is 0 Å². The third-order valence-electron chi connectivity index (χ3n) is 3.94. The molecule has 0 aromatic heterocycles. The van der Waals surface area contributed by atoms with E-state index in [1.807, 2.05) is 0 Å². The van der Waals surface area contributed by atoms with Crippen molar-refractivity contribution >= 4 is 34.2 Å². The molecule has 0 radical (unpaired) electrons. The minimum atomic E-state index is 0.0640. The molecule has 2 rings (SSSR count). The summed E-state index contributed by atoms with van der Waals surface area (Å²) < 4.78 is 23.1. The van der Waals surface area contributed by atoms with E-state index in [0.29, 0.717) is 0 Å². The number of alkyl halides is 2. The first-order valence-corrected chi connectivity index (χ1v) is 11.5. The Morgan fingerprint density at radius 3 is 1.75 bits per heavy atom. The van der Waals surface area contributed by atoms with Gasteiger partial charge in [-0.15, -0.1) is 11.6 Å². The van der Waals surface area contributed by atoms with Gasteiger partial charge in [-0.1, -0.05) is 22.6 Å². The second-order valence-electron chi connectivity index (χ2n) is 6.13. The Bertz CT molecular complexity index is 233. The summed E-state index contributed by atoms with van der Waals surface area (Å²) in [5, 5.41) is 0. The molecule has 2 atom stereocenters. The van der Waals surface area contributed by atoms with Crippen LogP contribution in [0, 0.1) is 0 Å². The number of ether oxygens (including phenoxy) is 4. The fraction of sp³-hybridized carbons (Fsp3) is 1.00. The van der Waals surface area contributed by atoms with E-state index in [2.05, 4.69) is 22.6 Å². The summed E-state index contributed by atoms with van der Waals surface area (Å²) in [4.78, 5) is 0. The fourth-order valence-corrected chi connectivity index (χ4v) is 3.24. The van der Waals surface area contributed by atoms with E-state index in [9.17, 15) is 0 Å². The molecule has 6 heteroatoms. The Kier molecular flexibility index (Phi) is 16.5. The van der Waals surface area contributed by atoms with Gasteiger partial charge in [0.05, 0.1) is 0 Å². The van der Waals surface area contributed by atoms with Crippen LogP contribution < -0.4 is 0 Å². The molecule has 0 spiro atoms. The molecule has 0 saturated carbocycles. The van der Waals surface area contributed by atoms with Crippen LogP contribution in [0.25, 0.3) is 0 Å². The van der Waals surface area contributed by atoms with Gasteiger partial charge in [0.15, 0.2) is 12.6 Å². The summed E-state index contributed by atoms with van der Waals surface area (Å²) in [6.45, 7) is 3.40. The molecule has 0 N–H and O–H groups in total. The Morgan fingerprint density at radius 2 is 1.33 bits per heavy atom. The van der Waals surface area contributed by atoms with Gasteiger partial charge in [0.1, 0.15) is 0 Å². The minimum absolute atomic E-state index is 0.0640. The molecule has 2 aliphatic heterocycles. The number of halogens is 2. The van der Waals surface area contributed by atoms with Crippen molar-refractivity contribution in [1.29, 1.82) is 0 Å². The first-order chi connectivity index (χ1) is 11.9. The van der Waals surface area contributed by atoms with E-state index >= 15 is 0 Å². The Morgan fingerprint density at radius 1 is 0.792 bits per heavy atom. The van der Waals surface area contributed by atoms with E-state index in [4.69, 9.17) is 30.5 Å². The number of hydrogen-bond acceptors (Lipinski definition) is 4. The molecule has 0 aliphatic carbocycles. The first-order valence-electron chi connectivity index (χ1n) is 9.45. The van der Waals surface area contributed by atoms with Crippen LogP contribution in [0.5, 0.6) is 0 Å². The monoisotopic (exact) mass is 476 g/mol. The lowest BCUT2D eigenvalue weighted by Gasteiger charge is -2.22. The van der Waals surface area contributed by atoms with Crippen molar-refractivity contribution < 1.29 is 18.9 Å². The Hall–Kier alpha value is 0.860. The predicted molar refractivity (Wildman–Crippen MR) is 107 cm³/mol. The Balaban J connectivity index is 0.000000240. The molecule has 24 heavy (non-hydrogen) atoms. The summed E-state index contributed by atoms with van der Waals surface area (Å²) in [5.74, 6) is 0.731. The van der Waals surface area contributed by atoms with Crippen LogP contribution in [0.4, 0.5) is 0 Å². The van der Waals surface area contributed by atoms with Gasteiger partial charge >= 0.3 is 0 Å². The van der Waals surface area contributed by atoms with Crippen LogP contribution in [0.3, 0.4) is 0 Å². The third-order valence-corrected chi connectivity index (χ3v) is 4.97. The molecule has 0 aromatic rings. The van der Waals surface area contributed by atoms with E-state index in [0.717, 1.165) is 58.0 Å². The molecule has 4 nitrogen and oxygen atoms in total. The highest BCUT2D eigenvalue weighted by Gasteiger charge is 2.13. The normalized spacial score (nSPS) is 24.2. The van der Waals surface area contributed by atoms with Crippen molar-refractivity contribution in [2.75, 3.05) is 36.7 Å². The zero-order valence-electron chi connectivity index (χ0n) is 14.9. The summed E-state index contributed by atoms with van der Waals surface area (Å²) >= 11 is 7.93. The predicted octanol–water partition coefficient (Wildman–Crippen LogP) is 5.29. The molecular formula is C18H34ClIO4. The van der Waals surface area contributed by atoms with Crippen LogP contribution in [-0.4, -0.2) is 49.3 Å². The molecule has 2 aliphatic rings. The molecule has 0 bridgehead atoms. The highest BCUT2D eigenvalue weighted by Crippen LogP contribution is 2.14. The van der Waals surface area contributed by atoms with Crippen molar-refractivity contribution in [2.45, 2.75) is 76.8 Å². The van der Waals surface area contributed by atoms with Crippen molar-refractivity contribution in [3.63, 3.8) is 0 Å². The van der Waals surface area contributed by atoms with Crippen LogP contribution in [0.1, 0.15) is 64.2 Å². The lowest BCUT2D eigenvalue weighted by atomic mass is 10.2. The highest BCUT2D eigenvalue weighted by molar-refractivity contribution is 14.1. The van der Waals surface area contributed by atoms with Crippen molar-refractivity contribution in [2.24, 2.45) is 0 Å². The van der Waals surface area contributed by atoms with E-state index in [1.54, 1.807) is 0 Å². The lowest BCUT2D eigenvalue weighted by molar-refractivity contribution is -0.162. The minimum Gasteiger partial charge on any atom is -0.353 e. The largest absolute Gasteiger partial charge is 0.353 e. The lowest BCUT2D eigenvalue weighted by Crippen LogP contribution is -2.22. The topological polar surface area (TPSA) is 36.9 Å². The average molecular weight is 477 g/mol. The molecule has 0 amide bonds. The molecule has 2 saturated heterocycles. The molecule has 2 heterocycles. The highest BCUT2D eigenvalue weighted by atomic mass is 127. The fourth-order valence-electron chi connectivity index (χ4n) is 2.51. The second kappa shape index (κ2) is 17.3. The maximum atomic E-state index is 5.56. The van der Waals surface area contributed by atoms with E-state index in [1.165, 1.54) is 43.0 Å². The average Bonchev–Trinajstić information content (AvgIpc) is 2.65. The number of hydrogen-bond donors (Lipinski definition) is 0. The summed E-state index contributed by atoms with van der Waals surface area (Å²) in [6, 6.07) is 0. The van der Waals surface area contributed by atoms with Gasteiger partial charge < -0.3 is 18.9 Å². The standard InChI is InChI=1S/C9H17ClO2.C9H17IO2/c2*10-6-2-4-8-12-9-5-1-3-7-11-9/h2*9H,1-8H2. The van der Waals surface area contributed by atoms with Gasteiger partial charge in [-0.25, -0.2) is 0 Å². The molecule has 0 aromatic carbocycles. The van der Waals surface area contributed by atoms with E-state index in [-0.39, 0.29) is 12.6 Å². The zero-order chi connectivity index (χ0) is 17.3. The smallest absolute Gasteiger partial charge is 0.157 e. The number of rotatable bonds is 10. The SMILES string of the molecule is ClCCCCOC1CCCCO1.ICCCCOC1CCCCO1. The van der Waals surface area contributed by atoms with Crippen molar-refractivity contribution in [3.8, 4) is 0 Å². The number of unbranched alkanes of at least 4 members (excludes halogenated alkanes) is 2. The van der Waals surface area contributed by atoms with Gasteiger partial charge in [0, 0.05) is 32.3 Å². The molecular weight excluding hydrogens is 443 g/mol. The maximum absolute atomic E-state index is 5.56. The Labute approximate surface area is 166 Å². The van der Waals surface area contributed by atoms with Crippen LogP contribution >= 0.6 is 34.2 Å². The van der Waals surface area contributed by atoms with Crippen LogP contribution in [0.15, 0.2) is 0 Å². The van der Waals surface area contributed by atoms with Crippen LogP contribution in [-0.2, 0) is 18.9 Å². The summed E-state index contributed by atoms with van der Waals surface area (Å²) in [5.41, 5.74) is 0. The van der Waals surface area contributed by atoms with Gasteiger partial charge in [0.25, 0.3) is 0 Å². The first kappa shape index (κ1) is 22.9. The molecule has 144 valence electrons. The summed E-state index contributed by atoms with van der Waals surface area (Å²) in [7, 11) is 0. The van der Waals surface area contributed by atoms with E-state index < -0.39 is 0 Å². The molecule has 2 fully saturated rings. The van der Waals surface area contributed by atoms with Crippen molar-refractivity contribution in [3.05, 3.63) is 0 Å².